The Kier molecular flexibility index (Phi) is 2.71. The second-order valence-corrected chi connectivity index (χ2v) is 2.03. The maximum absolute atomic E-state index is 10.1. The average Bonchev–Trinajstić information content (AvgIpc) is 1.88. The number of carbonyl (C=O) groups is 1. The third-order valence-electron chi connectivity index (χ3n) is 1.22. The van der Waals surface area contributed by atoms with Gasteiger partial charge in [0.05, 0.1) is 6.42 Å². The Morgan fingerprint density at radius 3 is 3.10 bits per heavy atom. The maximum atomic E-state index is 10.1. The molecule has 0 spiro atoms. The van der Waals surface area contributed by atoms with Crippen LogP contribution in [0.3, 0.4) is 0 Å². The van der Waals surface area contributed by atoms with E-state index in [0.717, 1.165) is 0 Å². The van der Waals surface area contributed by atoms with E-state index in [2.05, 4.69) is 0 Å². The first kappa shape index (κ1) is 7.56. The Balaban J connectivity index is 2.19. The smallest absolute Gasteiger partial charge is 0.305 e. The molecule has 4 nitrogen and oxygen atoms in total. The summed E-state index contributed by atoms with van der Waals surface area (Å²) < 4.78 is 9.74. The van der Waals surface area contributed by atoms with Crippen molar-refractivity contribution >= 4 is 13.2 Å². The van der Waals surface area contributed by atoms with Gasteiger partial charge in [0.1, 0.15) is 6.79 Å². The highest BCUT2D eigenvalue weighted by Crippen LogP contribution is 2.01. The standard InChI is InChI=1S/C5H8BO4/c7-5(8)1-4-6-2-9-3-10-4/h4H,1-3H2,(H,7,8). The van der Waals surface area contributed by atoms with Gasteiger partial charge in [-0.1, -0.05) is 0 Å². The number of carboxylic acid groups (broad SMARTS) is 1. The summed E-state index contributed by atoms with van der Waals surface area (Å²) in [6, 6.07) is -0.272. The summed E-state index contributed by atoms with van der Waals surface area (Å²) in [5.74, 6) is -0.844. The van der Waals surface area contributed by atoms with Gasteiger partial charge in [-0.3, -0.25) is 4.79 Å². The molecule has 0 bridgehead atoms. The lowest BCUT2D eigenvalue weighted by Crippen LogP contribution is -2.33. The van der Waals surface area contributed by atoms with Crippen LogP contribution < -0.4 is 0 Å². The number of hydrogen-bond acceptors (Lipinski definition) is 3. The van der Waals surface area contributed by atoms with Gasteiger partial charge in [0.25, 0.3) is 0 Å². The Labute approximate surface area is 59.4 Å². The van der Waals surface area contributed by atoms with E-state index in [1.807, 2.05) is 0 Å². The number of ether oxygens (including phenoxy) is 2. The summed E-state index contributed by atoms with van der Waals surface area (Å²) >= 11 is 0. The normalized spacial score (nSPS) is 25.4. The fraction of sp³-hybridized carbons (Fsp3) is 0.800. The van der Waals surface area contributed by atoms with Crippen LogP contribution in [-0.2, 0) is 14.3 Å². The molecule has 1 aliphatic rings. The van der Waals surface area contributed by atoms with Crippen LogP contribution in [0.2, 0.25) is 0 Å². The summed E-state index contributed by atoms with van der Waals surface area (Å²) in [5.41, 5.74) is 0. The zero-order valence-electron chi connectivity index (χ0n) is 5.45. The molecule has 0 aromatic heterocycles. The maximum Gasteiger partial charge on any atom is 0.305 e. The molecule has 1 aliphatic heterocycles. The molecule has 5 heteroatoms. The molecule has 1 fully saturated rings. The first-order valence-electron chi connectivity index (χ1n) is 3.03. The predicted octanol–water partition coefficient (Wildman–Crippen LogP) is -0.547. The molecule has 0 aromatic rings. The molecule has 1 saturated heterocycles. The lowest BCUT2D eigenvalue weighted by Gasteiger charge is -2.19. The minimum atomic E-state index is -0.844. The van der Waals surface area contributed by atoms with Crippen LogP contribution in [0, 0.1) is 0 Å². The van der Waals surface area contributed by atoms with Crippen molar-refractivity contribution < 1.29 is 19.4 Å². The van der Waals surface area contributed by atoms with E-state index in [0.29, 0.717) is 6.51 Å². The minimum Gasteiger partial charge on any atom is -0.481 e. The highest BCUT2D eigenvalue weighted by molar-refractivity contribution is 6.37. The van der Waals surface area contributed by atoms with E-state index < -0.39 is 5.97 Å². The second kappa shape index (κ2) is 3.58. The largest absolute Gasteiger partial charge is 0.481 e. The molecular formula is C5H8BO4. The van der Waals surface area contributed by atoms with E-state index in [1.165, 1.54) is 0 Å². The van der Waals surface area contributed by atoms with Crippen molar-refractivity contribution in [3.8, 4) is 0 Å². The molecule has 1 unspecified atom stereocenters. The van der Waals surface area contributed by atoms with Crippen molar-refractivity contribution in [1.82, 2.24) is 0 Å². The van der Waals surface area contributed by atoms with Crippen molar-refractivity contribution in [2.45, 2.75) is 12.4 Å². The summed E-state index contributed by atoms with van der Waals surface area (Å²) in [4.78, 5) is 10.1. The minimum absolute atomic E-state index is 0.0311. The second-order valence-electron chi connectivity index (χ2n) is 2.03. The van der Waals surface area contributed by atoms with Crippen LogP contribution in [0.1, 0.15) is 6.42 Å². The van der Waals surface area contributed by atoms with Crippen LogP contribution in [0.25, 0.3) is 0 Å². The fourth-order valence-corrected chi connectivity index (χ4v) is 0.741. The van der Waals surface area contributed by atoms with E-state index >= 15 is 0 Å². The molecule has 0 aliphatic carbocycles. The molecule has 10 heavy (non-hydrogen) atoms. The number of carboxylic acids is 1. The van der Waals surface area contributed by atoms with Gasteiger partial charge in [-0.25, -0.2) is 0 Å². The highest BCUT2D eigenvalue weighted by Gasteiger charge is 2.18. The zero-order valence-corrected chi connectivity index (χ0v) is 5.45. The molecule has 0 amide bonds. The third-order valence-corrected chi connectivity index (χ3v) is 1.22. The SMILES string of the molecule is O=C(O)CC1[B]COCO1. The predicted molar refractivity (Wildman–Crippen MR) is 33.7 cm³/mol. The average molecular weight is 143 g/mol. The first-order chi connectivity index (χ1) is 4.79. The molecule has 55 valence electrons. The van der Waals surface area contributed by atoms with E-state index in [-0.39, 0.29) is 19.2 Å². The van der Waals surface area contributed by atoms with Crippen molar-refractivity contribution in [2.24, 2.45) is 0 Å². The third kappa shape index (κ3) is 2.37. The van der Waals surface area contributed by atoms with Crippen molar-refractivity contribution in [2.75, 3.05) is 13.3 Å². The molecular weight excluding hydrogens is 135 g/mol. The van der Waals surface area contributed by atoms with Crippen LogP contribution in [0.15, 0.2) is 0 Å². The quantitative estimate of drug-likeness (QED) is 0.527. The van der Waals surface area contributed by atoms with Crippen LogP contribution in [0.4, 0.5) is 0 Å². The van der Waals surface area contributed by atoms with Gasteiger partial charge in [0.15, 0.2) is 7.28 Å². The van der Waals surface area contributed by atoms with Gasteiger partial charge in [0.2, 0.25) is 0 Å². The van der Waals surface area contributed by atoms with Gasteiger partial charge < -0.3 is 14.6 Å². The molecule has 0 saturated carbocycles. The van der Waals surface area contributed by atoms with Crippen molar-refractivity contribution in [1.29, 1.82) is 0 Å². The molecule has 1 radical (unpaired) electrons. The topological polar surface area (TPSA) is 55.8 Å². The molecule has 1 rings (SSSR count). The first-order valence-corrected chi connectivity index (χ1v) is 3.03. The molecule has 1 N–H and O–H groups in total. The van der Waals surface area contributed by atoms with Crippen LogP contribution >= 0.6 is 0 Å². The Hall–Kier alpha value is -0.545. The Bertz CT molecular complexity index is 121. The molecule has 1 atom stereocenters. The Morgan fingerprint density at radius 2 is 2.60 bits per heavy atom. The number of rotatable bonds is 2. The van der Waals surface area contributed by atoms with Gasteiger partial charge in [-0.15, -0.1) is 0 Å². The van der Waals surface area contributed by atoms with Crippen LogP contribution in [-0.4, -0.2) is 37.7 Å². The lowest BCUT2D eigenvalue weighted by atomic mass is 9.71. The van der Waals surface area contributed by atoms with Gasteiger partial charge in [0, 0.05) is 12.5 Å². The van der Waals surface area contributed by atoms with Gasteiger partial charge in [-0.05, 0) is 0 Å². The van der Waals surface area contributed by atoms with Crippen molar-refractivity contribution in [3.63, 3.8) is 0 Å². The number of aliphatic carboxylic acids is 1. The monoisotopic (exact) mass is 143 g/mol. The Morgan fingerprint density at radius 1 is 1.80 bits per heavy atom. The fourth-order valence-electron chi connectivity index (χ4n) is 0.741. The van der Waals surface area contributed by atoms with E-state index in [9.17, 15) is 4.79 Å². The van der Waals surface area contributed by atoms with Crippen LogP contribution in [0.5, 0.6) is 0 Å². The summed E-state index contributed by atoms with van der Waals surface area (Å²) in [6.45, 7) is 0.687. The molecule has 0 aromatic carbocycles. The number of hydrogen-bond donors (Lipinski definition) is 1. The van der Waals surface area contributed by atoms with E-state index in [4.69, 9.17) is 14.6 Å². The zero-order chi connectivity index (χ0) is 7.40. The van der Waals surface area contributed by atoms with E-state index in [1.54, 1.807) is 7.28 Å². The van der Waals surface area contributed by atoms with Crippen molar-refractivity contribution in [3.05, 3.63) is 0 Å². The summed E-state index contributed by atoms with van der Waals surface area (Å²) in [7, 11) is 1.71. The van der Waals surface area contributed by atoms with Gasteiger partial charge in [-0.2, -0.15) is 0 Å². The summed E-state index contributed by atoms with van der Waals surface area (Å²) in [5, 5.41) is 8.32. The summed E-state index contributed by atoms with van der Waals surface area (Å²) in [6.07, 6.45) is 0.0311. The highest BCUT2D eigenvalue weighted by atomic mass is 16.7. The molecule has 1 heterocycles. The lowest BCUT2D eigenvalue weighted by molar-refractivity contribution is -0.142. The van der Waals surface area contributed by atoms with Gasteiger partial charge >= 0.3 is 5.97 Å².